The third-order valence-electron chi connectivity index (χ3n) is 3.80. The Balaban J connectivity index is 1.89. The average Bonchev–Trinajstić information content (AvgIpc) is 2.59. The summed E-state index contributed by atoms with van der Waals surface area (Å²) in [5, 5.41) is 2.75. The van der Waals surface area contributed by atoms with Gasteiger partial charge in [-0.05, 0) is 12.0 Å². The zero-order chi connectivity index (χ0) is 16.8. The average molecular weight is 321 g/mol. The second-order valence-electron chi connectivity index (χ2n) is 5.72. The van der Waals surface area contributed by atoms with Crippen LogP contribution in [0.5, 0.6) is 0 Å². The minimum absolute atomic E-state index is 0.0367. The summed E-state index contributed by atoms with van der Waals surface area (Å²) in [7, 11) is 1.32. The molecule has 1 unspecified atom stereocenters. The smallest absolute Gasteiger partial charge is 0.328 e. The highest BCUT2D eigenvalue weighted by molar-refractivity contribution is 5.83. The predicted molar refractivity (Wildman–Crippen MR) is 85.0 cm³/mol. The van der Waals surface area contributed by atoms with Crippen LogP contribution in [-0.2, 0) is 9.53 Å². The van der Waals surface area contributed by atoms with Crippen molar-refractivity contribution in [2.75, 3.05) is 38.2 Å². The van der Waals surface area contributed by atoms with Crippen molar-refractivity contribution < 1.29 is 14.3 Å². The molecule has 0 bridgehead atoms. The number of ether oxygens (including phenoxy) is 1. The fourth-order valence-corrected chi connectivity index (χ4v) is 2.41. The molecule has 2 heterocycles. The van der Waals surface area contributed by atoms with E-state index in [9.17, 15) is 9.59 Å². The highest BCUT2D eigenvalue weighted by Crippen LogP contribution is 2.11. The Bertz CT molecular complexity index is 529. The molecule has 2 amide bonds. The minimum atomic E-state index is -0.636. The number of methoxy groups -OCH3 is 1. The van der Waals surface area contributed by atoms with E-state index < -0.39 is 12.0 Å². The molecule has 1 aromatic heterocycles. The van der Waals surface area contributed by atoms with Gasteiger partial charge in [0.05, 0.1) is 7.11 Å². The van der Waals surface area contributed by atoms with Crippen molar-refractivity contribution in [3.05, 3.63) is 18.5 Å². The normalized spacial score (nSPS) is 16.2. The van der Waals surface area contributed by atoms with E-state index in [1.807, 2.05) is 18.7 Å². The van der Waals surface area contributed by atoms with Crippen LogP contribution in [0.4, 0.5) is 10.7 Å². The number of carbonyl (C=O) groups is 2. The van der Waals surface area contributed by atoms with Gasteiger partial charge in [0.25, 0.3) is 0 Å². The van der Waals surface area contributed by atoms with Crippen molar-refractivity contribution in [2.24, 2.45) is 5.92 Å². The number of carbonyl (C=O) groups excluding carboxylic acids is 2. The maximum atomic E-state index is 12.3. The lowest BCUT2D eigenvalue weighted by Crippen LogP contribution is -2.56. The molecule has 1 atom stereocenters. The number of rotatable bonds is 4. The molecular formula is C15H23N5O3. The maximum Gasteiger partial charge on any atom is 0.328 e. The van der Waals surface area contributed by atoms with Crippen LogP contribution in [-0.4, -0.2) is 66.2 Å². The number of hydrogen-bond donors (Lipinski definition) is 1. The Kier molecular flexibility index (Phi) is 5.72. The molecule has 8 heteroatoms. The monoisotopic (exact) mass is 321 g/mol. The Labute approximate surface area is 135 Å². The molecule has 1 aliphatic rings. The van der Waals surface area contributed by atoms with E-state index in [4.69, 9.17) is 4.74 Å². The topological polar surface area (TPSA) is 87.7 Å². The molecule has 1 saturated heterocycles. The molecule has 8 nitrogen and oxygen atoms in total. The van der Waals surface area contributed by atoms with E-state index in [0.29, 0.717) is 32.1 Å². The number of nitrogens with one attached hydrogen (secondary N) is 1. The summed E-state index contributed by atoms with van der Waals surface area (Å²) in [5.74, 6) is 0.206. The number of urea groups is 1. The molecule has 0 aromatic carbocycles. The molecule has 1 N–H and O–H groups in total. The van der Waals surface area contributed by atoms with E-state index in [-0.39, 0.29) is 11.9 Å². The van der Waals surface area contributed by atoms with Crippen LogP contribution in [0.2, 0.25) is 0 Å². The molecule has 0 spiro atoms. The van der Waals surface area contributed by atoms with Crippen LogP contribution in [0, 0.1) is 5.92 Å². The summed E-state index contributed by atoms with van der Waals surface area (Å²) < 4.78 is 4.74. The van der Waals surface area contributed by atoms with Crippen molar-refractivity contribution in [2.45, 2.75) is 19.9 Å². The zero-order valence-electron chi connectivity index (χ0n) is 13.7. The summed E-state index contributed by atoms with van der Waals surface area (Å²) >= 11 is 0. The van der Waals surface area contributed by atoms with Crippen LogP contribution in [0.15, 0.2) is 18.5 Å². The van der Waals surface area contributed by atoms with Gasteiger partial charge in [0.1, 0.15) is 6.04 Å². The molecule has 0 aliphatic carbocycles. The van der Waals surface area contributed by atoms with Crippen LogP contribution < -0.4 is 10.2 Å². The largest absolute Gasteiger partial charge is 0.467 e. The third-order valence-corrected chi connectivity index (χ3v) is 3.80. The Morgan fingerprint density at radius 2 is 1.78 bits per heavy atom. The lowest BCUT2D eigenvalue weighted by atomic mass is 10.1. The Morgan fingerprint density at radius 3 is 2.30 bits per heavy atom. The molecule has 1 fully saturated rings. The number of hydrogen-bond acceptors (Lipinski definition) is 6. The number of aromatic nitrogens is 2. The highest BCUT2D eigenvalue weighted by Gasteiger charge is 2.29. The van der Waals surface area contributed by atoms with Crippen LogP contribution >= 0.6 is 0 Å². The van der Waals surface area contributed by atoms with Gasteiger partial charge in [-0.2, -0.15) is 0 Å². The van der Waals surface area contributed by atoms with Gasteiger partial charge in [0.2, 0.25) is 5.95 Å². The summed E-state index contributed by atoms with van der Waals surface area (Å²) in [6.07, 6.45) is 3.40. The van der Waals surface area contributed by atoms with Crippen LogP contribution in [0.1, 0.15) is 13.8 Å². The second-order valence-corrected chi connectivity index (χ2v) is 5.72. The maximum absolute atomic E-state index is 12.3. The summed E-state index contributed by atoms with van der Waals surface area (Å²) in [5.41, 5.74) is 0. The van der Waals surface area contributed by atoms with Crippen molar-refractivity contribution in [3.63, 3.8) is 0 Å². The predicted octanol–water partition coefficient (Wildman–Crippen LogP) is 0.506. The molecule has 1 aromatic rings. The van der Waals surface area contributed by atoms with Crippen LogP contribution in [0.3, 0.4) is 0 Å². The van der Waals surface area contributed by atoms with Gasteiger partial charge in [0, 0.05) is 38.6 Å². The lowest BCUT2D eigenvalue weighted by Gasteiger charge is -2.35. The van der Waals surface area contributed by atoms with Gasteiger partial charge < -0.3 is 19.9 Å². The molecule has 23 heavy (non-hydrogen) atoms. The molecule has 126 valence electrons. The standard InChI is InChI=1S/C15H23N5O3/c1-11(2)12(13(21)23-3)18-15(22)20-9-7-19(8-10-20)14-16-5-4-6-17-14/h4-6,11-12H,7-10H2,1-3H3,(H,18,22). The van der Waals surface area contributed by atoms with Gasteiger partial charge in [-0.1, -0.05) is 13.8 Å². The first-order chi connectivity index (χ1) is 11.0. The highest BCUT2D eigenvalue weighted by atomic mass is 16.5. The minimum Gasteiger partial charge on any atom is -0.467 e. The zero-order valence-corrected chi connectivity index (χ0v) is 13.7. The Hall–Kier alpha value is -2.38. The molecule has 1 aliphatic heterocycles. The number of anilines is 1. The number of esters is 1. The van der Waals surface area contributed by atoms with Crippen LogP contribution in [0.25, 0.3) is 0 Å². The summed E-state index contributed by atoms with van der Waals surface area (Å²) in [4.78, 5) is 36.2. The molecular weight excluding hydrogens is 298 g/mol. The second kappa shape index (κ2) is 7.75. The first-order valence-corrected chi connectivity index (χ1v) is 7.68. The van der Waals surface area contributed by atoms with Crippen molar-refractivity contribution in [3.8, 4) is 0 Å². The van der Waals surface area contributed by atoms with E-state index in [0.717, 1.165) is 0 Å². The van der Waals surface area contributed by atoms with Crippen molar-refractivity contribution in [1.82, 2.24) is 20.2 Å². The summed E-state index contributed by atoms with van der Waals surface area (Å²) in [6.45, 7) is 6.15. The van der Waals surface area contributed by atoms with E-state index in [1.165, 1.54) is 7.11 Å². The Morgan fingerprint density at radius 1 is 1.17 bits per heavy atom. The van der Waals surface area contributed by atoms with Gasteiger partial charge in [-0.3, -0.25) is 0 Å². The molecule has 0 radical (unpaired) electrons. The quantitative estimate of drug-likeness (QED) is 0.813. The number of nitrogens with zero attached hydrogens (tertiary/aromatic N) is 4. The third kappa shape index (κ3) is 4.30. The van der Waals surface area contributed by atoms with Gasteiger partial charge >= 0.3 is 12.0 Å². The van der Waals surface area contributed by atoms with Gasteiger partial charge in [0.15, 0.2) is 0 Å². The van der Waals surface area contributed by atoms with E-state index in [1.54, 1.807) is 23.4 Å². The SMILES string of the molecule is COC(=O)C(NC(=O)N1CCN(c2ncccn2)CC1)C(C)C. The van der Waals surface area contributed by atoms with Gasteiger partial charge in [-0.15, -0.1) is 0 Å². The molecule has 2 rings (SSSR count). The fourth-order valence-electron chi connectivity index (χ4n) is 2.41. The first-order valence-electron chi connectivity index (χ1n) is 7.68. The van der Waals surface area contributed by atoms with Gasteiger partial charge in [-0.25, -0.2) is 19.6 Å². The van der Waals surface area contributed by atoms with E-state index in [2.05, 4.69) is 15.3 Å². The fraction of sp³-hybridized carbons (Fsp3) is 0.600. The van der Waals surface area contributed by atoms with Crippen molar-refractivity contribution >= 4 is 17.9 Å². The first kappa shape index (κ1) is 17.0. The van der Waals surface area contributed by atoms with Crippen molar-refractivity contribution in [1.29, 1.82) is 0 Å². The molecule has 0 saturated carbocycles. The lowest BCUT2D eigenvalue weighted by molar-refractivity contribution is -0.144. The van der Waals surface area contributed by atoms with E-state index >= 15 is 0 Å². The summed E-state index contributed by atoms with van der Waals surface area (Å²) in [6, 6.07) is 0.886. The number of amides is 2. The number of piperazine rings is 1.